The van der Waals surface area contributed by atoms with E-state index in [1.165, 1.54) is 0 Å². The molecule has 0 spiro atoms. The number of benzene rings is 2. The maximum atomic E-state index is 12.2. The summed E-state index contributed by atoms with van der Waals surface area (Å²) in [4.78, 5) is 24.0. The number of anilines is 3. The van der Waals surface area contributed by atoms with Gasteiger partial charge in [0.1, 0.15) is 5.75 Å². The molecule has 0 aliphatic rings. The molecule has 7 heteroatoms. The van der Waals surface area contributed by atoms with Gasteiger partial charge in [-0.2, -0.15) is 0 Å². The third-order valence-electron chi connectivity index (χ3n) is 3.78. The van der Waals surface area contributed by atoms with Crippen LogP contribution < -0.4 is 20.7 Å². The highest BCUT2D eigenvalue weighted by Gasteiger charge is 2.09. The maximum Gasteiger partial charge on any atom is 0.243 e. The predicted molar refractivity (Wildman–Crippen MR) is 114 cm³/mol. The van der Waals surface area contributed by atoms with E-state index in [-0.39, 0.29) is 18.4 Å². The number of hydrogen-bond acceptors (Lipinski definition) is 4. The molecule has 0 fully saturated rings. The Morgan fingerprint density at radius 2 is 1.64 bits per heavy atom. The molecule has 6 nitrogen and oxygen atoms in total. The number of rotatable bonds is 10. The van der Waals surface area contributed by atoms with Crippen molar-refractivity contribution in [3.05, 3.63) is 47.5 Å². The van der Waals surface area contributed by atoms with E-state index in [1.807, 2.05) is 31.2 Å². The van der Waals surface area contributed by atoms with Crippen LogP contribution in [0.25, 0.3) is 0 Å². The van der Waals surface area contributed by atoms with Gasteiger partial charge in [-0.25, -0.2) is 0 Å². The second-order valence-electron chi connectivity index (χ2n) is 6.27. The highest BCUT2D eigenvalue weighted by molar-refractivity contribution is 6.33. The smallest absolute Gasteiger partial charge is 0.243 e. The van der Waals surface area contributed by atoms with Crippen molar-refractivity contribution in [2.75, 3.05) is 29.1 Å². The van der Waals surface area contributed by atoms with Crippen molar-refractivity contribution in [3.8, 4) is 5.75 Å². The summed E-state index contributed by atoms with van der Waals surface area (Å²) in [6, 6.07) is 12.4. The van der Waals surface area contributed by atoms with Crippen molar-refractivity contribution in [2.24, 2.45) is 0 Å². The largest absolute Gasteiger partial charge is 0.494 e. The van der Waals surface area contributed by atoms with E-state index in [4.69, 9.17) is 16.3 Å². The summed E-state index contributed by atoms with van der Waals surface area (Å²) in [6.07, 6.45) is 2.16. The standard InChI is InChI=1S/C21H26ClN3O3/c1-3-5-20(26)24-16-8-11-18(22)19(13-16)25-21(27)14-23-15-6-9-17(10-7-15)28-12-4-2/h6-11,13,23H,3-5,12,14H2,1-2H3,(H,24,26)(H,25,27). The zero-order valence-electron chi connectivity index (χ0n) is 16.2. The van der Waals surface area contributed by atoms with Crippen molar-refractivity contribution < 1.29 is 14.3 Å². The molecule has 0 aliphatic heterocycles. The Morgan fingerprint density at radius 3 is 2.32 bits per heavy atom. The zero-order chi connectivity index (χ0) is 20.4. The molecule has 0 saturated carbocycles. The summed E-state index contributed by atoms with van der Waals surface area (Å²) in [5.41, 5.74) is 1.85. The van der Waals surface area contributed by atoms with Gasteiger partial charge < -0.3 is 20.7 Å². The Bertz CT molecular complexity index is 794. The summed E-state index contributed by atoms with van der Waals surface area (Å²) in [5, 5.41) is 8.99. The van der Waals surface area contributed by atoms with Gasteiger partial charge in [-0.15, -0.1) is 0 Å². The zero-order valence-corrected chi connectivity index (χ0v) is 16.9. The lowest BCUT2D eigenvalue weighted by Crippen LogP contribution is -2.22. The SMILES string of the molecule is CCCOc1ccc(NCC(=O)Nc2cc(NC(=O)CCC)ccc2Cl)cc1. The summed E-state index contributed by atoms with van der Waals surface area (Å²) >= 11 is 6.15. The lowest BCUT2D eigenvalue weighted by Gasteiger charge is -2.12. The number of halogens is 1. The Balaban J connectivity index is 1.89. The molecule has 3 N–H and O–H groups in total. The number of ether oxygens (including phenoxy) is 1. The van der Waals surface area contributed by atoms with Gasteiger partial charge in [0.15, 0.2) is 0 Å². The molecule has 2 amide bonds. The van der Waals surface area contributed by atoms with Crippen LogP contribution in [0.3, 0.4) is 0 Å². The molecule has 0 radical (unpaired) electrons. The van der Waals surface area contributed by atoms with E-state index in [2.05, 4.69) is 22.9 Å². The fourth-order valence-electron chi connectivity index (χ4n) is 2.42. The van der Waals surface area contributed by atoms with Gasteiger partial charge in [-0.1, -0.05) is 25.4 Å². The minimum atomic E-state index is -0.245. The van der Waals surface area contributed by atoms with Crippen LogP contribution in [0.5, 0.6) is 5.75 Å². The van der Waals surface area contributed by atoms with Crippen LogP contribution in [0.2, 0.25) is 5.02 Å². The van der Waals surface area contributed by atoms with Crippen molar-refractivity contribution >= 4 is 40.5 Å². The van der Waals surface area contributed by atoms with Gasteiger partial charge in [0, 0.05) is 17.8 Å². The molecule has 0 aliphatic carbocycles. The number of amides is 2. The van der Waals surface area contributed by atoms with Crippen molar-refractivity contribution in [1.82, 2.24) is 0 Å². The predicted octanol–water partition coefficient (Wildman–Crippen LogP) is 4.92. The lowest BCUT2D eigenvalue weighted by molar-refractivity contribution is -0.116. The number of carbonyl (C=O) groups excluding carboxylic acids is 2. The Kier molecular flexibility index (Phi) is 8.62. The van der Waals surface area contributed by atoms with E-state index in [1.54, 1.807) is 18.2 Å². The number of carbonyl (C=O) groups is 2. The second-order valence-corrected chi connectivity index (χ2v) is 6.67. The highest BCUT2D eigenvalue weighted by Crippen LogP contribution is 2.25. The molecule has 0 unspecified atom stereocenters. The normalized spacial score (nSPS) is 10.2. The molecule has 0 bridgehead atoms. The third-order valence-corrected chi connectivity index (χ3v) is 4.11. The summed E-state index contributed by atoms with van der Waals surface area (Å²) in [6.45, 7) is 4.74. The Morgan fingerprint density at radius 1 is 0.929 bits per heavy atom. The van der Waals surface area contributed by atoms with E-state index >= 15 is 0 Å². The first-order valence-electron chi connectivity index (χ1n) is 9.37. The highest BCUT2D eigenvalue weighted by atomic mass is 35.5. The molecule has 150 valence electrons. The molecular weight excluding hydrogens is 378 g/mol. The Hall–Kier alpha value is -2.73. The quantitative estimate of drug-likeness (QED) is 0.526. The maximum absolute atomic E-state index is 12.2. The van der Waals surface area contributed by atoms with Crippen LogP contribution in [0.1, 0.15) is 33.1 Å². The third kappa shape index (κ3) is 7.12. The van der Waals surface area contributed by atoms with Crippen molar-refractivity contribution in [1.29, 1.82) is 0 Å². The van der Waals surface area contributed by atoms with Crippen LogP contribution in [-0.2, 0) is 9.59 Å². The van der Waals surface area contributed by atoms with Crippen LogP contribution >= 0.6 is 11.6 Å². The summed E-state index contributed by atoms with van der Waals surface area (Å²) < 4.78 is 5.53. The molecule has 0 atom stereocenters. The van der Waals surface area contributed by atoms with Gasteiger partial charge in [0.2, 0.25) is 11.8 Å². The van der Waals surface area contributed by atoms with Gasteiger partial charge in [-0.05, 0) is 55.3 Å². The fourth-order valence-corrected chi connectivity index (χ4v) is 2.58. The lowest BCUT2D eigenvalue weighted by atomic mass is 10.2. The van der Waals surface area contributed by atoms with Crippen LogP contribution in [0.4, 0.5) is 17.1 Å². The fraction of sp³-hybridized carbons (Fsp3) is 0.333. The monoisotopic (exact) mass is 403 g/mol. The van der Waals surface area contributed by atoms with E-state index in [9.17, 15) is 9.59 Å². The molecule has 0 saturated heterocycles. The molecular formula is C21H26ClN3O3. The van der Waals surface area contributed by atoms with Crippen LogP contribution in [0, 0.1) is 0 Å². The average molecular weight is 404 g/mol. The average Bonchev–Trinajstić information content (AvgIpc) is 2.68. The minimum absolute atomic E-state index is 0.0740. The van der Waals surface area contributed by atoms with Crippen molar-refractivity contribution in [2.45, 2.75) is 33.1 Å². The van der Waals surface area contributed by atoms with Crippen LogP contribution in [-0.4, -0.2) is 25.0 Å². The Labute approximate surface area is 170 Å². The minimum Gasteiger partial charge on any atom is -0.494 e. The molecule has 2 aromatic rings. The van der Waals surface area contributed by atoms with Gasteiger partial charge >= 0.3 is 0 Å². The summed E-state index contributed by atoms with van der Waals surface area (Å²) in [7, 11) is 0. The molecule has 0 aromatic heterocycles. The molecule has 0 heterocycles. The number of hydrogen-bond donors (Lipinski definition) is 3. The van der Waals surface area contributed by atoms with Crippen LogP contribution in [0.15, 0.2) is 42.5 Å². The van der Waals surface area contributed by atoms with E-state index in [0.717, 1.165) is 24.3 Å². The van der Waals surface area contributed by atoms with E-state index < -0.39 is 0 Å². The molecule has 28 heavy (non-hydrogen) atoms. The second kappa shape index (κ2) is 11.2. The van der Waals surface area contributed by atoms with Gasteiger partial charge in [-0.3, -0.25) is 9.59 Å². The van der Waals surface area contributed by atoms with E-state index in [0.29, 0.717) is 29.4 Å². The van der Waals surface area contributed by atoms with Crippen molar-refractivity contribution in [3.63, 3.8) is 0 Å². The first-order chi connectivity index (χ1) is 13.5. The summed E-state index contributed by atoms with van der Waals surface area (Å²) in [5.74, 6) is 0.478. The molecule has 2 rings (SSSR count). The molecule has 2 aromatic carbocycles. The first kappa shape index (κ1) is 21.6. The van der Waals surface area contributed by atoms with Gasteiger partial charge in [0.05, 0.1) is 23.9 Å². The topological polar surface area (TPSA) is 79.5 Å². The first-order valence-corrected chi connectivity index (χ1v) is 9.75. The van der Waals surface area contributed by atoms with Gasteiger partial charge in [0.25, 0.3) is 0 Å². The number of nitrogens with one attached hydrogen (secondary N) is 3.